The van der Waals surface area contributed by atoms with E-state index in [0.717, 1.165) is 33.2 Å². The maximum atomic E-state index is 5.99. The van der Waals surface area contributed by atoms with Gasteiger partial charge in [0, 0.05) is 16.0 Å². The number of thiophene rings is 1. The zero-order valence-corrected chi connectivity index (χ0v) is 13.5. The number of nitrogens with zero attached hydrogens (tertiary/aromatic N) is 3. The van der Waals surface area contributed by atoms with Crippen molar-refractivity contribution in [2.75, 3.05) is 5.32 Å². The molecule has 0 aromatic carbocycles. The van der Waals surface area contributed by atoms with Crippen LogP contribution in [0.4, 0.5) is 5.82 Å². The number of rotatable bonds is 4. The van der Waals surface area contributed by atoms with Crippen molar-refractivity contribution >= 4 is 50.3 Å². The summed E-state index contributed by atoms with van der Waals surface area (Å²) in [4.78, 5) is 15.2. The topological polar surface area (TPSA) is 50.7 Å². The Kier molecular flexibility index (Phi) is 3.87. The van der Waals surface area contributed by atoms with E-state index in [1.54, 1.807) is 22.7 Å². The highest BCUT2D eigenvalue weighted by Crippen LogP contribution is 2.30. The molecular weight excluding hydrogens is 312 g/mol. The van der Waals surface area contributed by atoms with E-state index in [1.807, 2.05) is 12.3 Å². The Morgan fingerprint density at radius 1 is 1.30 bits per heavy atom. The molecule has 0 radical (unpaired) electrons. The first-order valence-electron chi connectivity index (χ1n) is 6.26. The van der Waals surface area contributed by atoms with Gasteiger partial charge in [-0.1, -0.05) is 6.92 Å². The van der Waals surface area contributed by atoms with E-state index in [0.29, 0.717) is 6.54 Å². The normalized spacial score (nSPS) is 11.2. The number of halogens is 1. The van der Waals surface area contributed by atoms with Crippen molar-refractivity contribution in [3.63, 3.8) is 0 Å². The van der Waals surface area contributed by atoms with Crippen molar-refractivity contribution in [3.8, 4) is 0 Å². The van der Waals surface area contributed by atoms with Crippen molar-refractivity contribution in [2.24, 2.45) is 0 Å². The molecule has 104 valence electrons. The Hall–Kier alpha value is -1.24. The number of fused-ring (bicyclic) bond motifs is 1. The van der Waals surface area contributed by atoms with Gasteiger partial charge < -0.3 is 5.32 Å². The lowest BCUT2D eigenvalue weighted by Gasteiger charge is -2.04. The highest BCUT2D eigenvalue weighted by atomic mass is 35.5. The smallest absolute Gasteiger partial charge is 0.225 e. The fourth-order valence-electron chi connectivity index (χ4n) is 1.90. The number of hydrogen-bond acceptors (Lipinski definition) is 6. The molecule has 7 heteroatoms. The molecule has 3 aromatic heterocycles. The third-order valence-electron chi connectivity index (χ3n) is 2.84. The average molecular weight is 325 g/mol. The van der Waals surface area contributed by atoms with Crippen LogP contribution < -0.4 is 5.32 Å². The third-order valence-corrected chi connectivity index (χ3v) is 5.15. The molecule has 0 fully saturated rings. The predicted octanol–water partition coefficient (Wildman–Crippen LogP) is 4.28. The van der Waals surface area contributed by atoms with Gasteiger partial charge >= 0.3 is 0 Å². The number of nitrogens with one attached hydrogen (secondary N) is 1. The summed E-state index contributed by atoms with van der Waals surface area (Å²) in [5.41, 5.74) is 1.04. The summed E-state index contributed by atoms with van der Waals surface area (Å²) in [6.07, 6.45) is 0.990. The van der Waals surface area contributed by atoms with E-state index >= 15 is 0 Å². The SMILES string of the molecule is CCc1cc2c(NCc3nc(C)cs3)nc(Cl)nc2s1. The Labute approximate surface area is 129 Å². The molecule has 3 aromatic rings. The molecule has 0 unspecified atom stereocenters. The van der Waals surface area contributed by atoms with Crippen molar-refractivity contribution in [2.45, 2.75) is 26.8 Å². The minimum atomic E-state index is 0.278. The molecule has 0 aliphatic carbocycles. The Balaban J connectivity index is 1.91. The zero-order chi connectivity index (χ0) is 14.1. The van der Waals surface area contributed by atoms with Crippen molar-refractivity contribution in [3.05, 3.63) is 32.3 Å². The Morgan fingerprint density at radius 2 is 2.15 bits per heavy atom. The second-order valence-corrected chi connectivity index (χ2v) is 6.76. The van der Waals surface area contributed by atoms with Gasteiger partial charge in [-0.2, -0.15) is 0 Å². The largest absolute Gasteiger partial charge is 0.363 e. The second kappa shape index (κ2) is 5.63. The van der Waals surface area contributed by atoms with Gasteiger partial charge in [0.1, 0.15) is 15.7 Å². The van der Waals surface area contributed by atoms with Gasteiger partial charge in [-0.05, 0) is 31.0 Å². The number of anilines is 1. The van der Waals surface area contributed by atoms with Gasteiger partial charge in [-0.15, -0.1) is 22.7 Å². The maximum Gasteiger partial charge on any atom is 0.225 e. The standard InChI is InChI=1S/C13H13ClN4S2/c1-3-8-4-9-11(17-13(14)18-12(9)20-8)15-5-10-16-7(2)6-19-10/h4,6H,3,5H2,1-2H3,(H,15,17,18). The molecule has 0 atom stereocenters. The van der Waals surface area contributed by atoms with Crippen LogP contribution in [0.1, 0.15) is 22.5 Å². The summed E-state index contributed by atoms with van der Waals surface area (Å²) in [7, 11) is 0. The molecule has 0 aliphatic rings. The molecule has 1 N–H and O–H groups in total. The maximum absolute atomic E-state index is 5.99. The van der Waals surface area contributed by atoms with Crippen LogP contribution in [0, 0.1) is 6.92 Å². The van der Waals surface area contributed by atoms with Crippen molar-refractivity contribution < 1.29 is 0 Å². The van der Waals surface area contributed by atoms with Crippen LogP contribution in [0.5, 0.6) is 0 Å². The first kappa shape index (κ1) is 13.7. The van der Waals surface area contributed by atoms with Crippen molar-refractivity contribution in [1.82, 2.24) is 15.0 Å². The first-order valence-corrected chi connectivity index (χ1v) is 8.34. The van der Waals surface area contributed by atoms with Gasteiger partial charge in [0.25, 0.3) is 0 Å². The fraction of sp³-hybridized carbons (Fsp3) is 0.308. The highest BCUT2D eigenvalue weighted by molar-refractivity contribution is 7.18. The van der Waals surface area contributed by atoms with Gasteiger partial charge in [0.05, 0.1) is 11.9 Å². The minimum Gasteiger partial charge on any atom is -0.363 e. The van der Waals surface area contributed by atoms with Crippen molar-refractivity contribution in [1.29, 1.82) is 0 Å². The first-order chi connectivity index (χ1) is 9.65. The summed E-state index contributed by atoms with van der Waals surface area (Å²) in [5.74, 6) is 0.781. The van der Waals surface area contributed by atoms with E-state index in [4.69, 9.17) is 11.6 Å². The van der Waals surface area contributed by atoms with E-state index < -0.39 is 0 Å². The zero-order valence-electron chi connectivity index (χ0n) is 11.1. The third kappa shape index (κ3) is 2.77. The van der Waals surface area contributed by atoms with Crippen LogP contribution in [0.15, 0.2) is 11.4 Å². The van der Waals surface area contributed by atoms with E-state index in [-0.39, 0.29) is 5.28 Å². The lowest BCUT2D eigenvalue weighted by Crippen LogP contribution is -2.02. The highest BCUT2D eigenvalue weighted by Gasteiger charge is 2.11. The van der Waals surface area contributed by atoms with Crippen LogP contribution in [0.25, 0.3) is 10.2 Å². The monoisotopic (exact) mass is 324 g/mol. The Morgan fingerprint density at radius 3 is 2.85 bits per heavy atom. The van der Waals surface area contributed by atoms with Gasteiger partial charge in [0.15, 0.2) is 0 Å². The molecular formula is C13H13ClN4S2. The van der Waals surface area contributed by atoms with Crippen LogP contribution in [-0.2, 0) is 13.0 Å². The molecule has 0 saturated heterocycles. The van der Waals surface area contributed by atoms with Crippen LogP contribution in [0.3, 0.4) is 0 Å². The van der Waals surface area contributed by atoms with Crippen LogP contribution in [-0.4, -0.2) is 15.0 Å². The molecule has 0 spiro atoms. The molecule has 0 saturated carbocycles. The van der Waals surface area contributed by atoms with E-state index in [2.05, 4.69) is 33.3 Å². The lowest BCUT2D eigenvalue weighted by atomic mass is 10.3. The molecule has 3 heterocycles. The lowest BCUT2D eigenvalue weighted by molar-refractivity contribution is 1.06. The second-order valence-electron chi connectivity index (χ2n) is 4.36. The summed E-state index contributed by atoms with van der Waals surface area (Å²) in [6, 6.07) is 2.13. The number of aryl methyl sites for hydroxylation is 2. The Bertz CT molecular complexity index is 750. The summed E-state index contributed by atoms with van der Waals surface area (Å²) < 4.78 is 0. The minimum absolute atomic E-state index is 0.278. The molecule has 0 aliphatic heterocycles. The summed E-state index contributed by atoms with van der Waals surface area (Å²) in [5, 5.41) is 7.70. The number of hydrogen-bond donors (Lipinski definition) is 1. The quantitative estimate of drug-likeness (QED) is 0.727. The summed E-state index contributed by atoms with van der Waals surface area (Å²) >= 11 is 9.30. The predicted molar refractivity (Wildman–Crippen MR) is 86.0 cm³/mol. The molecule has 0 amide bonds. The van der Waals surface area contributed by atoms with Gasteiger partial charge in [-0.3, -0.25) is 0 Å². The van der Waals surface area contributed by atoms with Crippen LogP contribution >= 0.6 is 34.3 Å². The average Bonchev–Trinajstić information content (AvgIpc) is 3.01. The number of thiazole rings is 1. The molecule has 20 heavy (non-hydrogen) atoms. The molecule has 4 nitrogen and oxygen atoms in total. The van der Waals surface area contributed by atoms with Gasteiger partial charge in [0.2, 0.25) is 5.28 Å². The molecule has 0 bridgehead atoms. The fourth-order valence-corrected chi connectivity index (χ4v) is 3.80. The molecule has 3 rings (SSSR count). The number of aromatic nitrogens is 3. The van der Waals surface area contributed by atoms with Gasteiger partial charge in [-0.25, -0.2) is 15.0 Å². The summed E-state index contributed by atoms with van der Waals surface area (Å²) in [6.45, 7) is 4.77. The van der Waals surface area contributed by atoms with E-state index in [9.17, 15) is 0 Å². The van der Waals surface area contributed by atoms with Crippen LogP contribution in [0.2, 0.25) is 5.28 Å². The van der Waals surface area contributed by atoms with E-state index in [1.165, 1.54) is 4.88 Å².